The lowest BCUT2D eigenvalue weighted by Gasteiger charge is -2.30. The number of phenolic OH excluding ortho intramolecular Hbond substituents is 1. The molecule has 0 spiro atoms. The molecule has 1 aliphatic carbocycles. The predicted octanol–water partition coefficient (Wildman–Crippen LogP) is 5.18. The molecular formula is C38H40F2N8O3+. The van der Waals surface area contributed by atoms with Gasteiger partial charge in [0.05, 0.1) is 17.3 Å². The van der Waals surface area contributed by atoms with Gasteiger partial charge in [-0.25, -0.2) is 18.7 Å². The van der Waals surface area contributed by atoms with Gasteiger partial charge < -0.3 is 10.4 Å². The van der Waals surface area contributed by atoms with E-state index in [4.69, 9.17) is 0 Å². The first-order valence-corrected chi connectivity index (χ1v) is 17.7. The first kappa shape index (κ1) is 33.2. The molecule has 11 nitrogen and oxygen atoms in total. The van der Waals surface area contributed by atoms with Crippen LogP contribution >= 0.6 is 0 Å². The fraction of sp³-hybridized carbons (Fsp3) is 0.368. The molecule has 51 heavy (non-hydrogen) atoms. The number of nitrogens with one attached hydrogen (secondary N) is 1. The quantitative estimate of drug-likeness (QED) is 0.193. The molecule has 0 atom stereocenters. The van der Waals surface area contributed by atoms with E-state index < -0.39 is 17.1 Å². The summed E-state index contributed by atoms with van der Waals surface area (Å²) in [4.78, 5) is 41.3. The summed E-state index contributed by atoms with van der Waals surface area (Å²) in [6.07, 6.45) is 12.0. The van der Waals surface area contributed by atoms with Crippen LogP contribution in [0.15, 0.2) is 93.5 Å². The molecule has 8 rings (SSSR count). The molecule has 13 heteroatoms. The fourth-order valence-corrected chi connectivity index (χ4v) is 7.85. The normalized spacial score (nSPS) is 21.2. The minimum Gasteiger partial charge on any atom is -0.508 e. The van der Waals surface area contributed by atoms with Crippen molar-refractivity contribution in [3.63, 3.8) is 0 Å². The number of halogens is 2. The Labute approximate surface area is 293 Å². The SMILES string of the molecule is O=c1c2cc(F)cnc2n(-c2cccc(-c3ccc(O)cc3CN3CCCCC3)c2)c(=O)n1C1CCC(NCC2=C[N+]3CN(F)C=CC3=N2)CC1. The van der Waals surface area contributed by atoms with Crippen LogP contribution in [0, 0.1) is 5.82 Å². The number of amidine groups is 1. The van der Waals surface area contributed by atoms with Crippen LogP contribution in [0.3, 0.4) is 0 Å². The van der Waals surface area contributed by atoms with E-state index >= 15 is 0 Å². The van der Waals surface area contributed by atoms with Crippen LogP contribution in [-0.2, 0) is 6.54 Å². The van der Waals surface area contributed by atoms with E-state index in [1.807, 2.05) is 30.5 Å². The highest BCUT2D eigenvalue weighted by atomic mass is 19.2. The predicted molar refractivity (Wildman–Crippen MR) is 192 cm³/mol. The molecule has 2 N–H and O–H groups in total. The highest BCUT2D eigenvalue weighted by molar-refractivity contribution is 5.98. The molecule has 1 radical (unpaired) electrons. The number of phenols is 1. The van der Waals surface area contributed by atoms with E-state index in [1.54, 1.807) is 29.2 Å². The third-order valence-electron chi connectivity index (χ3n) is 10.4. The topological polar surface area (TPSA) is 114 Å². The molecule has 0 amide bonds. The molecule has 0 bridgehead atoms. The van der Waals surface area contributed by atoms with Crippen molar-refractivity contribution in [2.24, 2.45) is 4.99 Å². The zero-order valence-electron chi connectivity index (χ0n) is 28.2. The number of hydrogen-bond acceptors (Lipinski definition) is 9. The lowest BCUT2D eigenvalue weighted by molar-refractivity contribution is 0.0711. The Kier molecular flexibility index (Phi) is 9.09. The highest BCUT2D eigenvalue weighted by Gasteiger charge is 2.33. The van der Waals surface area contributed by atoms with Gasteiger partial charge in [-0.05, 0) is 98.6 Å². The van der Waals surface area contributed by atoms with Gasteiger partial charge in [-0.15, -0.1) is 0 Å². The standard InChI is InChI=1S/C38H40F2N8O3/c39-27-19-34-36(42-20-27)47(31-6-4-5-25(17-31)33-12-11-32(49)18-26(33)22-44-14-2-1-3-15-44)38(51)48(37(34)50)30-9-7-28(8-10-30)41-21-29-23-45-24-46(40)16-13-35(45)43-29/h4-6,11-13,16-20,23,28,30,41,49H,1-3,7-10,14-15,21-22,24H2/q+1. The van der Waals surface area contributed by atoms with Crippen LogP contribution in [0.5, 0.6) is 5.75 Å². The van der Waals surface area contributed by atoms with Crippen LogP contribution in [0.25, 0.3) is 27.8 Å². The molecular weight excluding hydrogens is 654 g/mol. The van der Waals surface area contributed by atoms with Gasteiger partial charge in [-0.1, -0.05) is 34.0 Å². The second-order valence-corrected chi connectivity index (χ2v) is 13.8. The van der Waals surface area contributed by atoms with E-state index in [-0.39, 0.29) is 35.5 Å². The van der Waals surface area contributed by atoms with Gasteiger partial charge in [0, 0.05) is 37.4 Å². The monoisotopic (exact) mass is 694 g/mol. The number of hydrogen-bond donors (Lipinski definition) is 2. The maximum atomic E-state index is 14.6. The summed E-state index contributed by atoms with van der Waals surface area (Å²) in [6.45, 7) is 3.31. The number of rotatable bonds is 8. The lowest BCUT2D eigenvalue weighted by atomic mass is 9.91. The second-order valence-electron chi connectivity index (χ2n) is 13.8. The maximum Gasteiger partial charge on any atom is 0.337 e. The van der Waals surface area contributed by atoms with Crippen LogP contribution < -0.4 is 21.5 Å². The zero-order valence-corrected chi connectivity index (χ0v) is 28.2. The summed E-state index contributed by atoms with van der Waals surface area (Å²) in [7, 11) is 0. The highest BCUT2D eigenvalue weighted by Crippen LogP contribution is 2.32. The van der Waals surface area contributed by atoms with E-state index in [2.05, 4.69) is 20.2 Å². The van der Waals surface area contributed by atoms with E-state index in [0.29, 0.717) is 42.6 Å². The van der Waals surface area contributed by atoms with Crippen LogP contribution in [0.4, 0.5) is 8.87 Å². The Morgan fingerprint density at radius 2 is 1.82 bits per heavy atom. The largest absolute Gasteiger partial charge is 0.508 e. The molecule has 0 unspecified atom stereocenters. The third-order valence-corrected chi connectivity index (χ3v) is 10.4. The number of likely N-dealkylation sites (tertiary alicyclic amines) is 1. The average Bonchev–Trinajstić information content (AvgIpc) is 3.54. The number of aliphatic imine (C=N–C) groups is 1. The lowest BCUT2D eigenvalue weighted by Crippen LogP contribution is -2.44. The van der Waals surface area contributed by atoms with Gasteiger partial charge in [-0.3, -0.25) is 14.3 Å². The van der Waals surface area contributed by atoms with E-state index in [9.17, 15) is 23.6 Å². The number of aromatic hydroxyl groups is 1. The van der Waals surface area contributed by atoms with Crippen LogP contribution in [0.1, 0.15) is 56.6 Å². The number of pyridine rings is 1. The van der Waals surface area contributed by atoms with Crippen LogP contribution in [0.2, 0.25) is 0 Å². The van der Waals surface area contributed by atoms with Crippen molar-refractivity contribution in [1.29, 1.82) is 0 Å². The van der Waals surface area contributed by atoms with Crippen molar-refractivity contribution in [3.8, 4) is 22.6 Å². The first-order valence-electron chi connectivity index (χ1n) is 17.7. The van der Waals surface area contributed by atoms with Gasteiger partial charge in [0.25, 0.3) is 11.4 Å². The fourth-order valence-electron chi connectivity index (χ4n) is 7.85. The summed E-state index contributed by atoms with van der Waals surface area (Å²) in [5.74, 6) is 0.244. The van der Waals surface area contributed by atoms with Crippen molar-refractivity contribution >= 4 is 16.9 Å². The first-order chi connectivity index (χ1) is 24.8. The molecule has 3 aliphatic heterocycles. The van der Waals surface area contributed by atoms with Crippen molar-refractivity contribution in [1.82, 2.24) is 34.4 Å². The molecule has 5 heterocycles. The Morgan fingerprint density at radius 3 is 2.65 bits per heavy atom. The smallest absolute Gasteiger partial charge is 0.337 e. The van der Waals surface area contributed by atoms with Crippen molar-refractivity contribution in [2.45, 2.75) is 63.6 Å². The summed E-state index contributed by atoms with van der Waals surface area (Å²) in [6, 6.07) is 13.8. The summed E-state index contributed by atoms with van der Waals surface area (Å²) < 4.78 is 30.9. The van der Waals surface area contributed by atoms with Gasteiger partial charge in [0.1, 0.15) is 17.3 Å². The number of benzene rings is 2. The minimum atomic E-state index is -0.653. The minimum absolute atomic E-state index is 0.0420. The molecule has 263 valence electrons. The molecule has 2 fully saturated rings. The average molecular weight is 695 g/mol. The van der Waals surface area contributed by atoms with Gasteiger partial charge in [0.15, 0.2) is 11.8 Å². The summed E-state index contributed by atoms with van der Waals surface area (Å²) >= 11 is 0. The Balaban J connectivity index is 1.08. The second kappa shape index (κ2) is 14.0. The molecule has 2 aromatic carbocycles. The van der Waals surface area contributed by atoms with Crippen molar-refractivity contribution in [3.05, 3.63) is 111 Å². The molecule has 4 aliphatic rings. The van der Waals surface area contributed by atoms with Gasteiger partial charge in [-0.2, -0.15) is 10.1 Å². The zero-order chi connectivity index (χ0) is 35.1. The van der Waals surface area contributed by atoms with Crippen LogP contribution in [-0.4, -0.2) is 67.4 Å². The number of aromatic nitrogens is 3. The Bertz CT molecular complexity index is 2180. The number of fused-ring (bicyclic) bond motifs is 2. The van der Waals surface area contributed by atoms with Crippen molar-refractivity contribution < 1.29 is 14.0 Å². The summed E-state index contributed by atoms with van der Waals surface area (Å²) in [5, 5.41) is 14.6. The number of piperidine rings is 1. The van der Waals surface area contributed by atoms with E-state index in [1.165, 1.54) is 21.8 Å². The molecule has 1 saturated heterocycles. The van der Waals surface area contributed by atoms with E-state index in [0.717, 1.165) is 73.4 Å². The Hall–Kier alpha value is -4.98. The maximum absolute atomic E-state index is 14.6. The molecule has 4 aromatic rings. The third kappa shape index (κ3) is 6.76. The molecule has 1 saturated carbocycles. The van der Waals surface area contributed by atoms with Gasteiger partial charge >= 0.3 is 5.69 Å². The van der Waals surface area contributed by atoms with Gasteiger partial charge in [0.2, 0.25) is 6.67 Å². The summed E-state index contributed by atoms with van der Waals surface area (Å²) in [5.41, 5.74) is 3.12. The molecule has 2 aromatic heterocycles. The Morgan fingerprint density at radius 1 is 1.00 bits per heavy atom. The number of nitrogens with zero attached hydrogens (tertiary/aromatic N) is 7. The van der Waals surface area contributed by atoms with Crippen molar-refractivity contribution in [2.75, 3.05) is 26.3 Å².